The molecule has 0 amide bonds. The molecule has 0 saturated carbocycles. The molecule has 0 saturated heterocycles. The zero-order valence-electron chi connectivity index (χ0n) is 11.3. The van der Waals surface area contributed by atoms with Crippen molar-refractivity contribution in [1.29, 1.82) is 0 Å². The van der Waals surface area contributed by atoms with Crippen LogP contribution in [0.2, 0.25) is 0 Å². The maximum absolute atomic E-state index is 2.35. The minimum atomic E-state index is 0.869. The molecule has 90 valence electrons. The number of hydrogen-bond donors (Lipinski definition) is 0. The molecule has 0 bridgehead atoms. The van der Waals surface area contributed by atoms with Crippen LogP contribution in [-0.2, 0) is 0 Å². The molecule has 0 rings (SSSR count). The van der Waals surface area contributed by atoms with Crippen LogP contribution in [0.3, 0.4) is 0 Å². The van der Waals surface area contributed by atoms with Gasteiger partial charge in [-0.05, 0) is 38.0 Å². The highest BCUT2D eigenvalue weighted by molar-refractivity contribution is 4.77. The molecule has 0 N–H and O–H groups in total. The fourth-order valence-electron chi connectivity index (χ4n) is 2.23. The van der Waals surface area contributed by atoms with Gasteiger partial charge in [0.25, 0.3) is 0 Å². The minimum Gasteiger partial charge on any atom is -0.0917 e. The van der Waals surface area contributed by atoms with E-state index in [1.807, 2.05) is 0 Å². The van der Waals surface area contributed by atoms with Gasteiger partial charge in [-0.25, -0.2) is 0 Å². The Labute approximate surface area is 97.2 Å². The molecule has 0 heteroatoms. The third-order valence-corrected chi connectivity index (χ3v) is 2.99. The van der Waals surface area contributed by atoms with Gasteiger partial charge in [-0.15, -0.1) is 0 Å². The summed E-state index contributed by atoms with van der Waals surface area (Å²) in [6, 6.07) is 0. The molecule has 0 aliphatic heterocycles. The van der Waals surface area contributed by atoms with E-state index in [-0.39, 0.29) is 0 Å². The lowest BCUT2D eigenvalue weighted by molar-refractivity contribution is 0.349. The first-order valence-corrected chi connectivity index (χ1v) is 6.81. The van der Waals surface area contributed by atoms with Crippen molar-refractivity contribution in [3.63, 3.8) is 0 Å². The number of allylic oxidation sites excluding steroid dienone is 2. The predicted octanol–water partition coefficient (Wildman–Crippen LogP) is 5.59. The van der Waals surface area contributed by atoms with E-state index >= 15 is 0 Å². The van der Waals surface area contributed by atoms with Crippen molar-refractivity contribution < 1.29 is 0 Å². The maximum Gasteiger partial charge on any atom is -0.0351 e. The van der Waals surface area contributed by atoms with Crippen LogP contribution in [0.15, 0.2) is 12.2 Å². The van der Waals surface area contributed by atoms with E-state index in [2.05, 4.69) is 39.8 Å². The topological polar surface area (TPSA) is 0 Å². The lowest BCUT2D eigenvalue weighted by Gasteiger charge is -2.18. The normalized spacial score (nSPS) is 13.9. The van der Waals surface area contributed by atoms with Crippen LogP contribution >= 0.6 is 0 Å². The van der Waals surface area contributed by atoms with Crippen LogP contribution in [0.25, 0.3) is 0 Å². The molecule has 1 unspecified atom stereocenters. The molecule has 0 aliphatic rings. The van der Waals surface area contributed by atoms with Gasteiger partial charge >= 0.3 is 0 Å². The van der Waals surface area contributed by atoms with Crippen molar-refractivity contribution in [2.45, 2.75) is 72.6 Å². The summed E-state index contributed by atoms with van der Waals surface area (Å²) >= 11 is 0. The summed E-state index contributed by atoms with van der Waals surface area (Å²) in [6.07, 6.45) is 14.2. The predicted molar refractivity (Wildman–Crippen MR) is 71.1 cm³/mol. The minimum absolute atomic E-state index is 0.869. The van der Waals surface area contributed by atoms with E-state index in [0.717, 1.165) is 11.8 Å². The summed E-state index contributed by atoms with van der Waals surface area (Å²) in [5.41, 5.74) is 0. The van der Waals surface area contributed by atoms with Gasteiger partial charge in [-0.3, -0.25) is 0 Å². The second kappa shape index (κ2) is 10.3. The summed E-state index contributed by atoms with van der Waals surface area (Å²) < 4.78 is 0. The van der Waals surface area contributed by atoms with Gasteiger partial charge in [0, 0.05) is 0 Å². The second-order valence-electron chi connectivity index (χ2n) is 5.14. The maximum atomic E-state index is 2.35. The highest BCUT2D eigenvalue weighted by Gasteiger charge is 2.09. The molecule has 0 nitrogen and oxygen atoms in total. The fraction of sp³-hybridized carbons (Fsp3) is 0.867. The molecule has 0 fully saturated rings. The Hall–Kier alpha value is -0.260. The molecule has 0 aromatic carbocycles. The number of unbranched alkanes of at least 4 members (excludes halogenated alkanes) is 2. The van der Waals surface area contributed by atoms with Crippen LogP contribution < -0.4 is 0 Å². The smallest absolute Gasteiger partial charge is 0.0351 e. The first-order valence-electron chi connectivity index (χ1n) is 6.81. The van der Waals surface area contributed by atoms with Crippen molar-refractivity contribution in [2.24, 2.45) is 11.8 Å². The van der Waals surface area contributed by atoms with Gasteiger partial charge < -0.3 is 0 Å². The van der Waals surface area contributed by atoms with E-state index < -0.39 is 0 Å². The molecule has 0 aliphatic carbocycles. The van der Waals surface area contributed by atoms with E-state index in [1.165, 1.54) is 44.9 Å². The Kier molecular flexibility index (Phi) is 10.1. The largest absolute Gasteiger partial charge is 0.0917 e. The zero-order chi connectivity index (χ0) is 11.5. The van der Waals surface area contributed by atoms with Gasteiger partial charge in [0.1, 0.15) is 0 Å². The van der Waals surface area contributed by atoms with E-state index in [4.69, 9.17) is 0 Å². The molecule has 0 radical (unpaired) electrons. The zero-order valence-corrected chi connectivity index (χ0v) is 11.3. The number of hydrogen-bond acceptors (Lipinski definition) is 0. The standard InChI is InChI=1S/C15H30/c1-5-7-9-10-12-15(11-8-6-2)13-14(3)4/h5,7,14-15H,6,8-13H2,1-4H3. The second-order valence-corrected chi connectivity index (χ2v) is 5.14. The van der Waals surface area contributed by atoms with Crippen LogP contribution in [0.5, 0.6) is 0 Å². The molecule has 1 atom stereocenters. The molecule has 0 spiro atoms. The summed E-state index contributed by atoms with van der Waals surface area (Å²) in [5, 5.41) is 0. The molecular weight excluding hydrogens is 180 g/mol. The summed E-state index contributed by atoms with van der Waals surface area (Å²) in [5.74, 6) is 1.85. The van der Waals surface area contributed by atoms with E-state index in [1.54, 1.807) is 0 Å². The third kappa shape index (κ3) is 10.0. The highest BCUT2D eigenvalue weighted by Crippen LogP contribution is 2.23. The summed E-state index contributed by atoms with van der Waals surface area (Å²) in [6.45, 7) is 9.12. The average Bonchev–Trinajstić information content (AvgIpc) is 2.19. The van der Waals surface area contributed by atoms with Gasteiger partial charge in [-0.2, -0.15) is 0 Å². The van der Waals surface area contributed by atoms with Crippen molar-refractivity contribution >= 4 is 0 Å². The average molecular weight is 210 g/mol. The first-order chi connectivity index (χ1) is 7.20. The third-order valence-electron chi connectivity index (χ3n) is 2.99. The Bertz CT molecular complexity index is 144. The monoisotopic (exact) mass is 210 g/mol. The SMILES string of the molecule is CC=CCCCC(CCCC)CC(C)C. The molecule has 0 heterocycles. The fourth-order valence-corrected chi connectivity index (χ4v) is 2.23. The van der Waals surface area contributed by atoms with Crippen LogP contribution in [0, 0.1) is 11.8 Å². The summed E-state index contributed by atoms with van der Waals surface area (Å²) in [4.78, 5) is 0. The van der Waals surface area contributed by atoms with Gasteiger partial charge in [0.2, 0.25) is 0 Å². The van der Waals surface area contributed by atoms with Gasteiger partial charge in [0.15, 0.2) is 0 Å². The van der Waals surface area contributed by atoms with Crippen LogP contribution in [-0.4, -0.2) is 0 Å². The van der Waals surface area contributed by atoms with Crippen molar-refractivity contribution in [3.05, 3.63) is 12.2 Å². The molecule has 0 aromatic rings. The van der Waals surface area contributed by atoms with Crippen LogP contribution in [0.1, 0.15) is 72.6 Å². The molecular formula is C15H30. The van der Waals surface area contributed by atoms with Crippen molar-refractivity contribution in [2.75, 3.05) is 0 Å². The Morgan fingerprint density at radius 3 is 2.27 bits per heavy atom. The van der Waals surface area contributed by atoms with Crippen molar-refractivity contribution in [1.82, 2.24) is 0 Å². The van der Waals surface area contributed by atoms with Gasteiger partial charge in [0.05, 0.1) is 0 Å². The highest BCUT2D eigenvalue weighted by atomic mass is 14.2. The lowest BCUT2D eigenvalue weighted by atomic mass is 9.88. The van der Waals surface area contributed by atoms with Crippen LogP contribution in [0.4, 0.5) is 0 Å². The Morgan fingerprint density at radius 2 is 1.73 bits per heavy atom. The Balaban J connectivity index is 3.68. The molecule has 0 aromatic heterocycles. The Morgan fingerprint density at radius 1 is 1.07 bits per heavy atom. The first kappa shape index (κ1) is 14.7. The number of rotatable bonds is 9. The summed E-state index contributed by atoms with van der Waals surface area (Å²) in [7, 11) is 0. The molecule has 15 heavy (non-hydrogen) atoms. The lowest BCUT2D eigenvalue weighted by Crippen LogP contribution is -2.04. The van der Waals surface area contributed by atoms with E-state index in [9.17, 15) is 0 Å². The van der Waals surface area contributed by atoms with Crippen molar-refractivity contribution in [3.8, 4) is 0 Å². The quantitative estimate of drug-likeness (QED) is 0.344. The van der Waals surface area contributed by atoms with E-state index in [0.29, 0.717) is 0 Å². The van der Waals surface area contributed by atoms with Gasteiger partial charge in [-0.1, -0.05) is 58.6 Å².